The molecule has 0 amide bonds. The van der Waals surface area contributed by atoms with Gasteiger partial charge >= 0.3 is 6.18 Å². The lowest BCUT2D eigenvalue weighted by Gasteiger charge is -2.10. The molecule has 21 heavy (non-hydrogen) atoms. The van der Waals surface area contributed by atoms with Gasteiger partial charge in [0.15, 0.2) is 0 Å². The molecule has 108 valence electrons. The number of para-hydroxylation sites is 1. The third kappa shape index (κ3) is 2.38. The van der Waals surface area contributed by atoms with E-state index in [4.69, 9.17) is 11.6 Å². The molecule has 0 aliphatic rings. The van der Waals surface area contributed by atoms with E-state index < -0.39 is 11.7 Å². The van der Waals surface area contributed by atoms with E-state index >= 15 is 0 Å². The van der Waals surface area contributed by atoms with Crippen molar-refractivity contribution in [1.29, 1.82) is 0 Å². The Morgan fingerprint density at radius 3 is 2.38 bits per heavy atom. The van der Waals surface area contributed by atoms with Crippen molar-refractivity contribution in [1.82, 2.24) is 9.55 Å². The average Bonchev–Trinajstić information content (AvgIpc) is 2.75. The van der Waals surface area contributed by atoms with Gasteiger partial charge < -0.3 is 0 Å². The van der Waals surface area contributed by atoms with Gasteiger partial charge in [-0.25, -0.2) is 4.98 Å². The van der Waals surface area contributed by atoms with Crippen molar-refractivity contribution in [3.05, 3.63) is 58.9 Å². The second kappa shape index (κ2) is 4.77. The average molecular weight is 311 g/mol. The molecule has 0 radical (unpaired) electrons. The number of alkyl halides is 3. The minimum atomic E-state index is -4.44. The minimum Gasteiger partial charge on any atom is -0.295 e. The van der Waals surface area contributed by atoms with Crippen LogP contribution in [0.15, 0.2) is 42.5 Å². The highest BCUT2D eigenvalue weighted by Crippen LogP contribution is 2.36. The number of hydrogen-bond donors (Lipinski definition) is 0. The lowest BCUT2D eigenvalue weighted by atomic mass is 10.2. The van der Waals surface area contributed by atoms with Gasteiger partial charge in [0.1, 0.15) is 5.82 Å². The van der Waals surface area contributed by atoms with Crippen LogP contribution in [0.1, 0.15) is 11.4 Å². The lowest BCUT2D eigenvalue weighted by Crippen LogP contribution is -2.05. The van der Waals surface area contributed by atoms with Crippen molar-refractivity contribution in [2.24, 2.45) is 0 Å². The van der Waals surface area contributed by atoms with Crippen LogP contribution >= 0.6 is 11.6 Å². The summed E-state index contributed by atoms with van der Waals surface area (Å²) in [4.78, 5) is 4.20. The van der Waals surface area contributed by atoms with E-state index in [0.717, 1.165) is 17.8 Å². The molecule has 0 aliphatic carbocycles. The van der Waals surface area contributed by atoms with Crippen molar-refractivity contribution in [3.8, 4) is 5.69 Å². The third-order valence-corrected chi connectivity index (χ3v) is 3.50. The Kier molecular flexibility index (Phi) is 3.17. The van der Waals surface area contributed by atoms with Crippen LogP contribution in [-0.2, 0) is 6.18 Å². The summed E-state index contributed by atoms with van der Waals surface area (Å²) in [6, 6.07) is 11.2. The van der Waals surface area contributed by atoms with Crippen molar-refractivity contribution in [2.75, 3.05) is 0 Å². The van der Waals surface area contributed by atoms with Gasteiger partial charge in [0.05, 0.1) is 21.6 Å². The van der Waals surface area contributed by atoms with E-state index in [9.17, 15) is 13.2 Å². The van der Waals surface area contributed by atoms with Crippen LogP contribution < -0.4 is 0 Å². The Hall–Kier alpha value is -2.01. The lowest BCUT2D eigenvalue weighted by molar-refractivity contribution is -0.137. The van der Waals surface area contributed by atoms with Crippen molar-refractivity contribution in [3.63, 3.8) is 0 Å². The Bertz CT molecular complexity index is 807. The van der Waals surface area contributed by atoms with Crippen molar-refractivity contribution < 1.29 is 13.2 Å². The number of rotatable bonds is 1. The molecule has 3 aromatic rings. The van der Waals surface area contributed by atoms with Crippen LogP contribution in [0.5, 0.6) is 0 Å². The summed E-state index contributed by atoms with van der Waals surface area (Å²) in [5.74, 6) is 0.581. The maximum absolute atomic E-state index is 12.8. The SMILES string of the molecule is Cc1nc2cc(C(F)(F)F)cc(Cl)c2n1-c1ccccc1. The predicted molar refractivity (Wildman–Crippen MR) is 75.8 cm³/mol. The van der Waals surface area contributed by atoms with Gasteiger partial charge in [0.25, 0.3) is 0 Å². The van der Waals surface area contributed by atoms with E-state index in [1.54, 1.807) is 11.5 Å². The summed E-state index contributed by atoms with van der Waals surface area (Å²) >= 11 is 6.08. The fourth-order valence-corrected chi connectivity index (χ4v) is 2.63. The number of imidazole rings is 1. The van der Waals surface area contributed by atoms with E-state index in [0.29, 0.717) is 11.3 Å². The monoisotopic (exact) mass is 310 g/mol. The molecule has 1 heterocycles. The van der Waals surface area contributed by atoms with Crippen LogP contribution in [0.3, 0.4) is 0 Å². The van der Waals surface area contributed by atoms with Crippen molar-refractivity contribution >= 4 is 22.6 Å². The molecular weight excluding hydrogens is 301 g/mol. The number of nitrogens with zero attached hydrogens (tertiary/aromatic N) is 2. The Morgan fingerprint density at radius 2 is 1.76 bits per heavy atom. The molecule has 2 nitrogen and oxygen atoms in total. The zero-order valence-electron chi connectivity index (χ0n) is 10.9. The summed E-state index contributed by atoms with van der Waals surface area (Å²) in [5.41, 5.74) is 0.724. The standard InChI is InChI=1S/C15H10ClF3N2/c1-9-20-13-8-10(15(17,18)19)7-12(16)14(13)21(9)11-5-3-2-4-6-11/h2-8H,1H3. The van der Waals surface area contributed by atoms with Crippen LogP contribution in [0.25, 0.3) is 16.7 Å². The molecule has 0 unspecified atom stereocenters. The number of halogens is 4. The molecule has 0 aliphatic heterocycles. The van der Waals surface area contributed by atoms with E-state index in [-0.39, 0.29) is 10.5 Å². The molecule has 0 atom stereocenters. The van der Waals surface area contributed by atoms with Gasteiger partial charge in [-0.2, -0.15) is 13.2 Å². The summed E-state index contributed by atoms with van der Waals surface area (Å²) in [6.07, 6.45) is -4.44. The van der Waals surface area contributed by atoms with Crippen LogP contribution in [0.2, 0.25) is 5.02 Å². The smallest absolute Gasteiger partial charge is 0.295 e. The molecule has 6 heteroatoms. The van der Waals surface area contributed by atoms with Crippen LogP contribution in [-0.4, -0.2) is 9.55 Å². The number of aromatic nitrogens is 2. The third-order valence-electron chi connectivity index (χ3n) is 3.21. The van der Waals surface area contributed by atoms with Gasteiger partial charge in [-0.3, -0.25) is 4.57 Å². The topological polar surface area (TPSA) is 17.8 Å². The van der Waals surface area contributed by atoms with Crippen LogP contribution in [0.4, 0.5) is 13.2 Å². The molecular formula is C15H10ClF3N2. The number of benzene rings is 2. The second-order valence-electron chi connectivity index (χ2n) is 4.65. The molecule has 0 bridgehead atoms. The molecule has 0 fully saturated rings. The largest absolute Gasteiger partial charge is 0.416 e. The molecule has 2 aromatic carbocycles. The first-order chi connectivity index (χ1) is 9.88. The van der Waals surface area contributed by atoms with E-state index in [1.165, 1.54) is 0 Å². The zero-order valence-corrected chi connectivity index (χ0v) is 11.7. The maximum atomic E-state index is 12.8. The molecule has 1 aromatic heterocycles. The van der Waals surface area contributed by atoms with E-state index in [2.05, 4.69) is 4.98 Å². The maximum Gasteiger partial charge on any atom is 0.416 e. The van der Waals surface area contributed by atoms with E-state index in [1.807, 2.05) is 30.3 Å². The van der Waals surface area contributed by atoms with Gasteiger partial charge in [0, 0.05) is 5.69 Å². The molecule has 0 saturated heterocycles. The summed E-state index contributed by atoms with van der Waals surface area (Å²) in [7, 11) is 0. The Balaban J connectivity index is 2.32. The first-order valence-corrected chi connectivity index (χ1v) is 6.57. The van der Waals surface area contributed by atoms with Gasteiger partial charge in [-0.1, -0.05) is 29.8 Å². The Morgan fingerprint density at radius 1 is 1.10 bits per heavy atom. The first kappa shape index (κ1) is 13.9. The first-order valence-electron chi connectivity index (χ1n) is 6.19. The summed E-state index contributed by atoms with van der Waals surface area (Å²) in [6.45, 7) is 1.73. The normalized spacial score (nSPS) is 12.0. The molecule has 0 spiro atoms. The minimum absolute atomic E-state index is 0.0317. The van der Waals surface area contributed by atoms with Gasteiger partial charge in [-0.05, 0) is 31.2 Å². The van der Waals surface area contributed by atoms with Gasteiger partial charge in [-0.15, -0.1) is 0 Å². The number of hydrogen-bond acceptors (Lipinski definition) is 1. The zero-order chi connectivity index (χ0) is 15.2. The van der Waals surface area contributed by atoms with Gasteiger partial charge in [0.2, 0.25) is 0 Å². The highest BCUT2D eigenvalue weighted by Gasteiger charge is 2.32. The van der Waals surface area contributed by atoms with Crippen molar-refractivity contribution in [2.45, 2.75) is 13.1 Å². The molecule has 3 rings (SSSR count). The summed E-state index contributed by atoms with van der Waals surface area (Å²) < 4.78 is 40.2. The Labute approximate surface area is 123 Å². The quantitative estimate of drug-likeness (QED) is 0.618. The fourth-order valence-electron chi connectivity index (χ4n) is 2.33. The highest BCUT2D eigenvalue weighted by molar-refractivity contribution is 6.35. The van der Waals surface area contributed by atoms with Crippen LogP contribution in [0, 0.1) is 6.92 Å². The fraction of sp³-hybridized carbons (Fsp3) is 0.133. The second-order valence-corrected chi connectivity index (χ2v) is 5.06. The number of aryl methyl sites for hydroxylation is 1. The molecule has 0 saturated carbocycles. The highest BCUT2D eigenvalue weighted by atomic mass is 35.5. The molecule has 0 N–H and O–H groups in total. The number of fused-ring (bicyclic) bond motifs is 1. The summed E-state index contributed by atoms with van der Waals surface area (Å²) in [5, 5.41) is 0.0317. The predicted octanol–water partition coefficient (Wildman–Crippen LogP) is 5.01.